The molecule has 2 heterocycles. The largest absolute Gasteiger partial charge is 0.352 e. The molecule has 0 radical (unpaired) electrons. The topological polar surface area (TPSA) is 123 Å². The summed E-state index contributed by atoms with van der Waals surface area (Å²) in [7, 11) is 0. The molecule has 1 saturated heterocycles. The van der Waals surface area contributed by atoms with Crippen molar-refractivity contribution in [1.82, 2.24) is 15.6 Å². The number of thioether (sulfide) groups is 1. The van der Waals surface area contributed by atoms with E-state index in [-0.39, 0.29) is 23.6 Å². The minimum absolute atomic E-state index is 0.0173. The third-order valence-electron chi connectivity index (χ3n) is 2.70. The van der Waals surface area contributed by atoms with Crippen molar-refractivity contribution < 1.29 is 19.5 Å². The predicted molar refractivity (Wildman–Crippen MR) is 72.8 cm³/mol. The summed E-state index contributed by atoms with van der Waals surface area (Å²) in [6.45, 7) is -0.263. The van der Waals surface area contributed by atoms with E-state index in [1.807, 2.05) is 0 Å². The Morgan fingerprint density at radius 1 is 1.62 bits per heavy atom. The quantitative estimate of drug-likeness (QED) is 0.439. The van der Waals surface area contributed by atoms with Crippen molar-refractivity contribution in [2.45, 2.75) is 11.3 Å². The number of hydrogen-bond donors (Lipinski definition) is 2. The zero-order valence-electron chi connectivity index (χ0n) is 10.7. The number of nitrogens with one attached hydrogen (secondary N) is 2. The summed E-state index contributed by atoms with van der Waals surface area (Å²) in [5.41, 5.74) is 0.752. The van der Waals surface area contributed by atoms with Gasteiger partial charge in [-0.05, 0) is 11.6 Å². The van der Waals surface area contributed by atoms with Gasteiger partial charge in [-0.15, -0.1) is 10.1 Å². The van der Waals surface area contributed by atoms with Gasteiger partial charge in [-0.3, -0.25) is 14.6 Å². The molecule has 2 N–H and O–H groups in total. The summed E-state index contributed by atoms with van der Waals surface area (Å²) in [6, 6.07) is 2.75. The van der Waals surface area contributed by atoms with E-state index >= 15 is 0 Å². The standard InChI is InChI=1S/C11H12N4O5S/c16-10(13-4-5-20-15(18)19)8-9(21-11(17)14-8)7-2-1-3-12-6-7/h1-3,6,8-9H,4-5H2,(H,13,16)(H,14,17). The average molecular weight is 312 g/mol. The molecule has 9 nitrogen and oxygen atoms in total. The van der Waals surface area contributed by atoms with Gasteiger partial charge in [0.05, 0.1) is 5.25 Å². The number of carbonyl (C=O) groups excluding carboxylic acids is 2. The third kappa shape index (κ3) is 4.05. The fourth-order valence-corrected chi connectivity index (χ4v) is 2.86. The van der Waals surface area contributed by atoms with Crippen LogP contribution in [0.3, 0.4) is 0 Å². The van der Waals surface area contributed by atoms with Crippen LogP contribution in [0.5, 0.6) is 0 Å². The molecule has 0 saturated carbocycles. The molecule has 1 aliphatic rings. The molecule has 1 aromatic rings. The Morgan fingerprint density at radius 3 is 3.10 bits per heavy atom. The number of nitrogens with zero attached hydrogens (tertiary/aromatic N) is 2. The highest BCUT2D eigenvalue weighted by Crippen LogP contribution is 2.37. The van der Waals surface area contributed by atoms with E-state index in [0.29, 0.717) is 0 Å². The maximum Gasteiger partial charge on any atom is 0.294 e. The van der Waals surface area contributed by atoms with Gasteiger partial charge in [0.25, 0.3) is 10.3 Å². The molecule has 2 rings (SSSR count). The minimum atomic E-state index is -0.933. The Balaban J connectivity index is 1.95. The lowest BCUT2D eigenvalue weighted by Crippen LogP contribution is -2.44. The molecule has 2 unspecified atom stereocenters. The van der Waals surface area contributed by atoms with Crippen LogP contribution in [-0.4, -0.2) is 40.4 Å². The molecule has 0 bridgehead atoms. The molecule has 2 atom stereocenters. The Bertz CT molecular complexity index is 541. The number of amides is 2. The van der Waals surface area contributed by atoms with Gasteiger partial charge >= 0.3 is 0 Å². The first-order valence-corrected chi connectivity index (χ1v) is 6.88. The molecule has 21 heavy (non-hydrogen) atoms. The van der Waals surface area contributed by atoms with Crippen LogP contribution < -0.4 is 10.6 Å². The Morgan fingerprint density at radius 2 is 2.43 bits per heavy atom. The van der Waals surface area contributed by atoms with Crippen LogP contribution in [-0.2, 0) is 9.63 Å². The maximum atomic E-state index is 12.0. The first kappa shape index (κ1) is 15.0. The summed E-state index contributed by atoms with van der Waals surface area (Å²) in [5.74, 6) is -0.422. The summed E-state index contributed by atoms with van der Waals surface area (Å²) >= 11 is 1.01. The Kier molecular flexibility index (Phi) is 4.93. The Hall–Kier alpha value is -2.36. The van der Waals surface area contributed by atoms with Crippen LogP contribution in [0.1, 0.15) is 10.8 Å². The molecule has 112 valence electrons. The lowest BCUT2D eigenvalue weighted by molar-refractivity contribution is -0.757. The van der Waals surface area contributed by atoms with Crippen LogP contribution in [0.2, 0.25) is 0 Å². The molecule has 0 aliphatic carbocycles. The predicted octanol–water partition coefficient (Wildman–Crippen LogP) is 0.272. The molecule has 1 fully saturated rings. The van der Waals surface area contributed by atoms with Gasteiger partial charge in [-0.2, -0.15) is 0 Å². The van der Waals surface area contributed by atoms with Crippen molar-refractivity contribution >= 4 is 22.9 Å². The highest BCUT2D eigenvalue weighted by atomic mass is 32.2. The van der Waals surface area contributed by atoms with Gasteiger partial charge < -0.3 is 15.5 Å². The SMILES string of the molecule is O=C1NC(C(=O)NCCO[N+](=O)[O-])C(c2cccnc2)S1. The van der Waals surface area contributed by atoms with Crippen LogP contribution in [0, 0.1) is 10.1 Å². The molecule has 0 spiro atoms. The van der Waals surface area contributed by atoms with Gasteiger partial charge in [0.15, 0.2) is 0 Å². The zero-order chi connectivity index (χ0) is 15.2. The third-order valence-corrected chi connectivity index (χ3v) is 3.83. The van der Waals surface area contributed by atoms with Crippen molar-refractivity contribution in [1.29, 1.82) is 0 Å². The number of hydrogen-bond acceptors (Lipinski definition) is 7. The molecular formula is C11H12N4O5S. The van der Waals surface area contributed by atoms with E-state index in [2.05, 4.69) is 20.5 Å². The fourth-order valence-electron chi connectivity index (χ4n) is 1.83. The van der Waals surface area contributed by atoms with Gasteiger partial charge in [-0.1, -0.05) is 17.8 Å². The lowest BCUT2D eigenvalue weighted by atomic mass is 10.1. The first-order valence-electron chi connectivity index (χ1n) is 6.00. The monoisotopic (exact) mass is 312 g/mol. The smallest absolute Gasteiger partial charge is 0.294 e. The average Bonchev–Trinajstić information content (AvgIpc) is 2.86. The molecule has 0 aromatic carbocycles. The van der Waals surface area contributed by atoms with Crippen molar-refractivity contribution in [2.24, 2.45) is 0 Å². The van der Waals surface area contributed by atoms with Crippen molar-refractivity contribution in [2.75, 3.05) is 13.2 Å². The molecule has 10 heteroatoms. The fraction of sp³-hybridized carbons (Fsp3) is 0.364. The molecule has 1 aromatic heterocycles. The highest BCUT2D eigenvalue weighted by molar-refractivity contribution is 8.14. The van der Waals surface area contributed by atoms with E-state index in [0.717, 1.165) is 17.3 Å². The number of carbonyl (C=O) groups is 2. The van der Waals surface area contributed by atoms with Gasteiger partial charge in [0.2, 0.25) is 5.91 Å². The summed E-state index contributed by atoms with van der Waals surface area (Å²) in [5, 5.41) is 13.4. The summed E-state index contributed by atoms with van der Waals surface area (Å²) in [4.78, 5) is 41.6. The summed E-state index contributed by atoms with van der Waals surface area (Å²) in [6.07, 6.45) is 3.19. The van der Waals surface area contributed by atoms with Crippen molar-refractivity contribution in [3.05, 3.63) is 40.2 Å². The van der Waals surface area contributed by atoms with Gasteiger partial charge in [-0.25, -0.2) is 0 Å². The number of rotatable bonds is 6. The van der Waals surface area contributed by atoms with Crippen molar-refractivity contribution in [3.63, 3.8) is 0 Å². The van der Waals surface area contributed by atoms with E-state index in [9.17, 15) is 19.7 Å². The van der Waals surface area contributed by atoms with E-state index in [1.54, 1.807) is 24.5 Å². The zero-order valence-corrected chi connectivity index (χ0v) is 11.5. The lowest BCUT2D eigenvalue weighted by Gasteiger charge is -2.17. The van der Waals surface area contributed by atoms with E-state index in [1.165, 1.54) is 0 Å². The van der Waals surface area contributed by atoms with Gasteiger partial charge in [0, 0.05) is 18.9 Å². The van der Waals surface area contributed by atoms with Crippen LogP contribution in [0.4, 0.5) is 4.79 Å². The maximum absolute atomic E-state index is 12.0. The molecule has 1 aliphatic heterocycles. The van der Waals surface area contributed by atoms with E-state index in [4.69, 9.17) is 0 Å². The second kappa shape index (κ2) is 6.88. The van der Waals surface area contributed by atoms with Crippen molar-refractivity contribution in [3.8, 4) is 0 Å². The second-order valence-corrected chi connectivity index (χ2v) is 5.20. The van der Waals surface area contributed by atoms with Crippen LogP contribution in [0.25, 0.3) is 0 Å². The second-order valence-electron chi connectivity index (χ2n) is 4.08. The van der Waals surface area contributed by atoms with Crippen LogP contribution >= 0.6 is 11.8 Å². The van der Waals surface area contributed by atoms with Crippen LogP contribution in [0.15, 0.2) is 24.5 Å². The Labute approximate surface area is 123 Å². The molecule has 2 amide bonds. The normalized spacial score (nSPS) is 20.7. The summed E-state index contributed by atoms with van der Waals surface area (Å²) < 4.78 is 0. The highest BCUT2D eigenvalue weighted by Gasteiger charge is 2.39. The van der Waals surface area contributed by atoms with E-state index < -0.39 is 17.0 Å². The number of aromatic nitrogens is 1. The van der Waals surface area contributed by atoms with Gasteiger partial charge in [0.1, 0.15) is 12.6 Å². The molecular weight excluding hydrogens is 300 g/mol. The number of pyridine rings is 1. The first-order chi connectivity index (χ1) is 10.1. The minimum Gasteiger partial charge on any atom is -0.352 e.